The zero-order valence-corrected chi connectivity index (χ0v) is 10.2. The van der Waals surface area contributed by atoms with E-state index in [1.807, 2.05) is 6.92 Å². The van der Waals surface area contributed by atoms with Crippen molar-refractivity contribution in [2.24, 2.45) is 5.92 Å². The quantitative estimate of drug-likeness (QED) is 0.729. The fourth-order valence-electron chi connectivity index (χ4n) is 2.24. The van der Waals surface area contributed by atoms with Gasteiger partial charge in [-0.3, -0.25) is 14.3 Å². The summed E-state index contributed by atoms with van der Waals surface area (Å²) in [6.45, 7) is 1.74. The van der Waals surface area contributed by atoms with Crippen molar-refractivity contribution >= 4 is 0 Å². The van der Waals surface area contributed by atoms with Gasteiger partial charge in [0.05, 0.1) is 12.7 Å². The van der Waals surface area contributed by atoms with Crippen LogP contribution >= 0.6 is 0 Å². The second-order valence-corrected chi connectivity index (χ2v) is 4.32. The molecule has 1 aromatic heterocycles. The molecule has 0 saturated carbocycles. The molecule has 18 heavy (non-hydrogen) atoms. The summed E-state index contributed by atoms with van der Waals surface area (Å²) in [6.07, 6.45) is -0.0272. The number of nitrogens with zero attached hydrogens (tertiary/aromatic N) is 1. The van der Waals surface area contributed by atoms with Crippen molar-refractivity contribution in [1.29, 1.82) is 0 Å². The first-order valence-corrected chi connectivity index (χ1v) is 5.69. The molecule has 1 aliphatic heterocycles. The van der Waals surface area contributed by atoms with E-state index >= 15 is 0 Å². The predicted octanol–water partition coefficient (Wildman–Crippen LogP) is -0.923. The van der Waals surface area contributed by atoms with Gasteiger partial charge in [0.1, 0.15) is 6.10 Å². The van der Waals surface area contributed by atoms with Crippen LogP contribution in [0.2, 0.25) is 0 Å². The van der Waals surface area contributed by atoms with Crippen LogP contribution in [0.25, 0.3) is 0 Å². The van der Waals surface area contributed by atoms with Crippen LogP contribution in [0.1, 0.15) is 13.2 Å². The highest BCUT2D eigenvalue weighted by Gasteiger charge is 2.43. The molecule has 0 bridgehead atoms. The minimum absolute atomic E-state index is 0.0520. The Morgan fingerprint density at radius 2 is 2.28 bits per heavy atom. The molecule has 1 aliphatic rings. The highest BCUT2D eigenvalue weighted by Crippen LogP contribution is 2.34. The molecule has 7 heteroatoms. The Balaban J connectivity index is 2.38. The molecule has 1 fully saturated rings. The van der Waals surface area contributed by atoms with Crippen LogP contribution in [-0.4, -0.2) is 40.6 Å². The van der Waals surface area contributed by atoms with E-state index in [0.29, 0.717) is 0 Å². The highest BCUT2D eigenvalue weighted by atomic mass is 16.6. The Kier molecular flexibility index (Phi) is 3.65. The van der Waals surface area contributed by atoms with E-state index in [-0.39, 0.29) is 18.6 Å². The summed E-state index contributed by atoms with van der Waals surface area (Å²) in [4.78, 5) is 24.9. The molecule has 0 radical (unpaired) electrons. The third-order valence-corrected chi connectivity index (χ3v) is 3.28. The van der Waals surface area contributed by atoms with Gasteiger partial charge < -0.3 is 14.6 Å². The first-order valence-electron chi connectivity index (χ1n) is 5.69. The van der Waals surface area contributed by atoms with Crippen LogP contribution in [0.4, 0.5) is 0 Å². The summed E-state index contributed by atoms with van der Waals surface area (Å²) in [5, 5.41) is 9.20. The maximum Gasteiger partial charge on any atom is 0.330 e. The first-order chi connectivity index (χ1) is 8.58. The van der Waals surface area contributed by atoms with Gasteiger partial charge in [0.25, 0.3) is 5.56 Å². The number of nitrogens with one attached hydrogen (secondary N) is 1. The predicted molar refractivity (Wildman–Crippen MR) is 62.3 cm³/mol. The number of rotatable bonds is 3. The molecule has 7 nitrogen and oxygen atoms in total. The van der Waals surface area contributed by atoms with Crippen LogP contribution in [0.5, 0.6) is 0 Å². The van der Waals surface area contributed by atoms with Crippen molar-refractivity contribution in [2.75, 3.05) is 13.7 Å². The van der Waals surface area contributed by atoms with E-state index in [1.54, 1.807) is 0 Å². The van der Waals surface area contributed by atoms with Crippen molar-refractivity contribution in [3.05, 3.63) is 33.1 Å². The molecule has 0 aromatic carbocycles. The molecule has 0 unspecified atom stereocenters. The van der Waals surface area contributed by atoms with Crippen molar-refractivity contribution in [3.63, 3.8) is 0 Å². The number of aromatic nitrogens is 2. The normalized spacial score (nSPS) is 31.7. The summed E-state index contributed by atoms with van der Waals surface area (Å²) in [5.74, 6) is -0.0520. The van der Waals surface area contributed by atoms with Gasteiger partial charge in [-0.1, -0.05) is 6.92 Å². The zero-order chi connectivity index (χ0) is 13.3. The Labute approximate surface area is 103 Å². The second-order valence-electron chi connectivity index (χ2n) is 4.32. The van der Waals surface area contributed by atoms with Gasteiger partial charge in [0.15, 0.2) is 6.23 Å². The average molecular weight is 256 g/mol. The van der Waals surface area contributed by atoms with Crippen LogP contribution < -0.4 is 11.2 Å². The summed E-state index contributed by atoms with van der Waals surface area (Å²) in [7, 11) is 1.52. The molecule has 4 atom stereocenters. The fraction of sp³-hybridized carbons (Fsp3) is 0.636. The number of aliphatic hydroxyl groups excluding tert-OH is 1. The lowest BCUT2D eigenvalue weighted by Gasteiger charge is -2.20. The number of aromatic amines is 1. The van der Waals surface area contributed by atoms with E-state index in [2.05, 4.69) is 4.98 Å². The summed E-state index contributed by atoms with van der Waals surface area (Å²) < 4.78 is 12.2. The Hall–Kier alpha value is -1.44. The molecular formula is C11H16N2O5. The van der Waals surface area contributed by atoms with E-state index in [1.165, 1.54) is 23.9 Å². The molecule has 2 heterocycles. The average Bonchev–Trinajstić information content (AvgIpc) is 2.65. The molecule has 1 aromatic rings. The third-order valence-electron chi connectivity index (χ3n) is 3.28. The lowest BCUT2D eigenvalue weighted by molar-refractivity contribution is -0.0625. The molecule has 2 rings (SSSR count). The third kappa shape index (κ3) is 2.12. The Bertz CT molecular complexity index is 523. The van der Waals surface area contributed by atoms with E-state index in [0.717, 1.165) is 0 Å². The molecular weight excluding hydrogens is 240 g/mol. The summed E-state index contributed by atoms with van der Waals surface area (Å²) in [6, 6.07) is 1.24. The number of H-pyrrole nitrogens is 1. The largest absolute Gasteiger partial charge is 0.394 e. The lowest BCUT2D eigenvalue weighted by atomic mass is 10.0. The van der Waals surface area contributed by atoms with Gasteiger partial charge in [-0.25, -0.2) is 4.79 Å². The summed E-state index contributed by atoms with van der Waals surface area (Å²) >= 11 is 0. The van der Waals surface area contributed by atoms with Crippen molar-refractivity contribution < 1.29 is 14.6 Å². The minimum atomic E-state index is -0.647. The number of methoxy groups -OCH3 is 1. The maximum absolute atomic E-state index is 11.7. The van der Waals surface area contributed by atoms with E-state index in [4.69, 9.17) is 9.47 Å². The van der Waals surface area contributed by atoms with Crippen LogP contribution in [0.3, 0.4) is 0 Å². The standard InChI is InChI=1S/C11H16N2O5/c1-6-7(5-14)18-10(9(6)17-2)13-4-3-8(15)12-11(13)16/h3-4,6-7,9-10,14H,5H2,1-2H3,(H,12,15,16)/t6-,7-,9-,10-/m0/s1. The van der Waals surface area contributed by atoms with Crippen molar-refractivity contribution in [3.8, 4) is 0 Å². The van der Waals surface area contributed by atoms with Gasteiger partial charge in [-0.05, 0) is 0 Å². The number of hydrogen-bond donors (Lipinski definition) is 2. The molecule has 2 N–H and O–H groups in total. The smallest absolute Gasteiger partial charge is 0.330 e. The first kappa shape index (κ1) is 13.0. The van der Waals surface area contributed by atoms with Gasteiger partial charge in [0.2, 0.25) is 0 Å². The fourth-order valence-corrected chi connectivity index (χ4v) is 2.24. The molecule has 1 saturated heterocycles. The van der Waals surface area contributed by atoms with Crippen LogP contribution in [0, 0.1) is 5.92 Å². The number of ether oxygens (including phenoxy) is 2. The van der Waals surface area contributed by atoms with E-state index in [9.17, 15) is 14.7 Å². The minimum Gasteiger partial charge on any atom is -0.394 e. The van der Waals surface area contributed by atoms with Crippen LogP contribution in [0.15, 0.2) is 21.9 Å². The lowest BCUT2D eigenvalue weighted by Crippen LogP contribution is -2.36. The molecule has 0 aliphatic carbocycles. The van der Waals surface area contributed by atoms with Gasteiger partial charge >= 0.3 is 5.69 Å². The second kappa shape index (κ2) is 5.05. The maximum atomic E-state index is 11.7. The Morgan fingerprint density at radius 1 is 1.56 bits per heavy atom. The van der Waals surface area contributed by atoms with Gasteiger partial charge in [-0.2, -0.15) is 0 Å². The molecule has 100 valence electrons. The Morgan fingerprint density at radius 3 is 2.83 bits per heavy atom. The van der Waals surface area contributed by atoms with Crippen molar-refractivity contribution in [1.82, 2.24) is 9.55 Å². The molecule has 0 spiro atoms. The topological polar surface area (TPSA) is 93.5 Å². The number of aliphatic hydroxyl groups is 1. The number of hydrogen-bond acceptors (Lipinski definition) is 5. The molecule has 0 amide bonds. The monoisotopic (exact) mass is 256 g/mol. The summed E-state index contributed by atoms with van der Waals surface area (Å²) in [5.41, 5.74) is -1.02. The SMILES string of the molecule is CO[C@H]1[C@@H](C)[C@H](CO)O[C@@H]1n1ccc(=O)[nH]c1=O. The highest BCUT2D eigenvalue weighted by molar-refractivity contribution is 4.92. The zero-order valence-electron chi connectivity index (χ0n) is 10.2. The van der Waals surface area contributed by atoms with Crippen molar-refractivity contribution in [2.45, 2.75) is 25.4 Å². The van der Waals surface area contributed by atoms with Crippen LogP contribution in [-0.2, 0) is 9.47 Å². The van der Waals surface area contributed by atoms with Gasteiger partial charge in [0, 0.05) is 25.3 Å². The van der Waals surface area contributed by atoms with Gasteiger partial charge in [-0.15, -0.1) is 0 Å². The van der Waals surface area contributed by atoms with E-state index < -0.39 is 23.6 Å².